The number of pyridine rings is 1. The minimum absolute atomic E-state index is 0.265. The van der Waals surface area contributed by atoms with Crippen molar-refractivity contribution < 1.29 is 9.90 Å². The second-order valence-electron chi connectivity index (χ2n) is 3.08. The van der Waals surface area contributed by atoms with Crippen molar-refractivity contribution in [2.24, 2.45) is 0 Å². The van der Waals surface area contributed by atoms with Crippen LogP contribution in [0.2, 0.25) is 0 Å². The van der Waals surface area contributed by atoms with Crippen LogP contribution in [-0.2, 0) is 0 Å². The number of nitrogens with zero attached hydrogens (tertiary/aromatic N) is 1. The molecule has 0 aromatic carbocycles. The second kappa shape index (κ2) is 4.60. The summed E-state index contributed by atoms with van der Waals surface area (Å²) in [6.45, 7) is 4.52. The maximum atomic E-state index is 10.9. The average molecular weight is 194 g/mol. The highest BCUT2D eigenvalue weighted by Gasteiger charge is 2.13. The van der Waals surface area contributed by atoms with Gasteiger partial charge in [0.05, 0.1) is 0 Å². The van der Waals surface area contributed by atoms with Gasteiger partial charge in [0.15, 0.2) is 0 Å². The van der Waals surface area contributed by atoms with E-state index >= 15 is 0 Å². The fourth-order valence-electron chi connectivity index (χ4n) is 1.21. The molecule has 0 atom stereocenters. The van der Waals surface area contributed by atoms with E-state index in [-0.39, 0.29) is 5.56 Å². The van der Waals surface area contributed by atoms with Crippen LogP contribution in [0.5, 0.6) is 0 Å². The zero-order chi connectivity index (χ0) is 10.6. The molecule has 0 spiro atoms. The van der Waals surface area contributed by atoms with Gasteiger partial charge in [0, 0.05) is 12.7 Å². The van der Waals surface area contributed by atoms with Crippen molar-refractivity contribution in [2.45, 2.75) is 20.3 Å². The number of carboxylic acid groups (broad SMARTS) is 1. The van der Waals surface area contributed by atoms with Gasteiger partial charge in [0.1, 0.15) is 11.4 Å². The molecule has 4 heteroatoms. The monoisotopic (exact) mass is 194 g/mol. The van der Waals surface area contributed by atoms with Crippen molar-refractivity contribution in [3.05, 3.63) is 23.4 Å². The molecule has 4 nitrogen and oxygen atoms in total. The predicted octanol–water partition coefficient (Wildman–Crippen LogP) is 1.91. The van der Waals surface area contributed by atoms with Crippen LogP contribution in [0, 0.1) is 6.92 Å². The Morgan fingerprint density at radius 2 is 2.36 bits per heavy atom. The number of aromatic carboxylic acids is 1. The highest BCUT2D eigenvalue weighted by molar-refractivity contribution is 5.94. The smallest absolute Gasteiger partial charge is 0.339 e. The molecule has 0 aliphatic carbocycles. The molecule has 0 aliphatic heterocycles. The number of hydrogen-bond donors (Lipinski definition) is 2. The van der Waals surface area contributed by atoms with Gasteiger partial charge >= 0.3 is 5.97 Å². The van der Waals surface area contributed by atoms with Gasteiger partial charge in [-0.2, -0.15) is 0 Å². The van der Waals surface area contributed by atoms with E-state index in [0.717, 1.165) is 18.5 Å². The molecule has 0 bridgehead atoms. The highest BCUT2D eigenvalue weighted by atomic mass is 16.4. The molecule has 1 heterocycles. The normalized spacial score (nSPS) is 9.86. The maximum Gasteiger partial charge on any atom is 0.339 e. The molecule has 0 unspecified atom stereocenters. The van der Waals surface area contributed by atoms with Crippen LogP contribution in [0.4, 0.5) is 5.82 Å². The number of rotatable bonds is 4. The molecule has 14 heavy (non-hydrogen) atoms. The summed E-state index contributed by atoms with van der Waals surface area (Å²) in [5, 5.41) is 12.0. The SMILES string of the molecule is CCCNc1nccc(C)c1C(=O)O. The van der Waals surface area contributed by atoms with Gasteiger partial charge in [-0.05, 0) is 25.0 Å². The summed E-state index contributed by atoms with van der Waals surface area (Å²) in [6, 6.07) is 1.70. The number of nitrogens with one attached hydrogen (secondary N) is 1. The van der Waals surface area contributed by atoms with Gasteiger partial charge in [0.2, 0.25) is 0 Å². The molecule has 0 aliphatic rings. The molecule has 76 valence electrons. The molecular formula is C10H14N2O2. The number of carboxylic acids is 1. The van der Waals surface area contributed by atoms with Crippen molar-refractivity contribution in [2.75, 3.05) is 11.9 Å². The lowest BCUT2D eigenvalue weighted by Gasteiger charge is -2.08. The Morgan fingerprint density at radius 1 is 1.64 bits per heavy atom. The van der Waals surface area contributed by atoms with E-state index in [1.807, 2.05) is 6.92 Å². The van der Waals surface area contributed by atoms with Crippen molar-refractivity contribution in [1.29, 1.82) is 0 Å². The fourth-order valence-corrected chi connectivity index (χ4v) is 1.21. The lowest BCUT2D eigenvalue weighted by Crippen LogP contribution is -2.10. The lowest BCUT2D eigenvalue weighted by atomic mass is 10.1. The quantitative estimate of drug-likeness (QED) is 0.768. The van der Waals surface area contributed by atoms with Gasteiger partial charge in [-0.15, -0.1) is 0 Å². The third kappa shape index (κ3) is 2.22. The molecular weight excluding hydrogens is 180 g/mol. The fraction of sp³-hybridized carbons (Fsp3) is 0.400. The maximum absolute atomic E-state index is 10.9. The first kappa shape index (κ1) is 10.5. The van der Waals surface area contributed by atoms with E-state index in [2.05, 4.69) is 10.3 Å². The molecule has 2 N–H and O–H groups in total. The van der Waals surface area contributed by atoms with E-state index < -0.39 is 5.97 Å². The van der Waals surface area contributed by atoms with Crippen LogP contribution in [0.1, 0.15) is 29.3 Å². The summed E-state index contributed by atoms with van der Waals surface area (Å²) in [4.78, 5) is 14.9. The predicted molar refractivity (Wildman–Crippen MR) is 54.7 cm³/mol. The van der Waals surface area contributed by atoms with E-state index in [0.29, 0.717) is 5.82 Å². The van der Waals surface area contributed by atoms with Crippen molar-refractivity contribution >= 4 is 11.8 Å². The van der Waals surface area contributed by atoms with Crippen LogP contribution >= 0.6 is 0 Å². The summed E-state index contributed by atoms with van der Waals surface area (Å²) in [5.74, 6) is -0.478. The molecule has 0 saturated heterocycles. The Hall–Kier alpha value is -1.58. The van der Waals surface area contributed by atoms with Crippen molar-refractivity contribution in [3.63, 3.8) is 0 Å². The first-order valence-corrected chi connectivity index (χ1v) is 4.59. The van der Waals surface area contributed by atoms with E-state index in [9.17, 15) is 4.79 Å². The molecule has 0 amide bonds. The molecule has 0 radical (unpaired) electrons. The Balaban J connectivity index is 3.02. The van der Waals surface area contributed by atoms with Gasteiger partial charge < -0.3 is 10.4 Å². The Morgan fingerprint density at radius 3 is 2.93 bits per heavy atom. The van der Waals surface area contributed by atoms with Gasteiger partial charge in [-0.1, -0.05) is 6.92 Å². The number of hydrogen-bond acceptors (Lipinski definition) is 3. The first-order valence-electron chi connectivity index (χ1n) is 4.59. The zero-order valence-electron chi connectivity index (χ0n) is 8.37. The van der Waals surface area contributed by atoms with Crippen molar-refractivity contribution in [1.82, 2.24) is 4.98 Å². The number of aromatic nitrogens is 1. The summed E-state index contributed by atoms with van der Waals surface area (Å²) in [7, 11) is 0. The third-order valence-corrected chi connectivity index (χ3v) is 1.92. The Kier molecular flexibility index (Phi) is 3.45. The Bertz CT molecular complexity index is 337. The summed E-state index contributed by atoms with van der Waals surface area (Å²) >= 11 is 0. The average Bonchev–Trinajstić information content (AvgIpc) is 2.14. The second-order valence-corrected chi connectivity index (χ2v) is 3.08. The molecule has 0 saturated carbocycles. The van der Waals surface area contributed by atoms with Gasteiger partial charge in [-0.3, -0.25) is 0 Å². The first-order chi connectivity index (χ1) is 6.66. The highest BCUT2D eigenvalue weighted by Crippen LogP contribution is 2.16. The minimum atomic E-state index is -0.936. The van der Waals surface area contributed by atoms with Crippen LogP contribution < -0.4 is 5.32 Å². The standard InChI is InChI=1S/C10H14N2O2/c1-3-5-11-9-8(10(13)14)7(2)4-6-12-9/h4,6H,3,5H2,1-2H3,(H,11,12)(H,13,14). The van der Waals surface area contributed by atoms with Crippen molar-refractivity contribution in [3.8, 4) is 0 Å². The zero-order valence-corrected chi connectivity index (χ0v) is 8.37. The van der Waals surface area contributed by atoms with E-state index in [1.54, 1.807) is 19.2 Å². The minimum Gasteiger partial charge on any atom is -0.478 e. The molecule has 1 aromatic rings. The third-order valence-electron chi connectivity index (χ3n) is 1.92. The largest absolute Gasteiger partial charge is 0.478 e. The number of carbonyl (C=O) groups is 1. The Labute approximate surface area is 83.0 Å². The van der Waals surface area contributed by atoms with Crippen LogP contribution in [0.3, 0.4) is 0 Å². The van der Waals surface area contributed by atoms with E-state index in [4.69, 9.17) is 5.11 Å². The van der Waals surface area contributed by atoms with E-state index in [1.165, 1.54) is 0 Å². The summed E-state index contributed by atoms with van der Waals surface area (Å²) in [5.41, 5.74) is 0.993. The number of anilines is 1. The number of aryl methyl sites for hydroxylation is 1. The molecule has 0 fully saturated rings. The summed E-state index contributed by atoms with van der Waals surface area (Å²) in [6.07, 6.45) is 2.55. The van der Waals surface area contributed by atoms with Gasteiger partial charge in [-0.25, -0.2) is 9.78 Å². The van der Waals surface area contributed by atoms with Gasteiger partial charge in [0.25, 0.3) is 0 Å². The molecule has 1 aromatic heterocycles. The van der Waals surface area contributed by atoms with Crippen LogP contribution in [-0.4, -0.2) is 22.6 Å². The summed E-state index contributed by atoms with van der Waals surface area (Å²) < 4.78 is 0. The topological polar surface area (TPSA) is 62.2 Å². The molecule has 1 rings (SSSR count). The lowest BCUT2D eigenvalue weighted by molar-refractivity contribution is 0.0697. The van der Waals surface area contributed by atoms with Crippen LogP contribution in [0.15, 0.2) is 12.3 Å². The van der Waals surface area contributed by atoms with Crippen LogP contribution in [0.25, 0.3) is 0 Å².